The summed E-state index contributed by atoms with van der Waals surface area (Å²) in [4.78, 5) is 26.9. The van der Waals surface area contributed by atoms with E-state index in [1.54, 1.807) is 41.3 Å². The van der Waals surface area contributed by atoms with Crippen molar-refractivity contribution in [2.45, 2.75) is 31.7 Å². The van der Waals surface area contributed by atoms with Gasteiger partial charge < -0.3 is 15.3 Å². The van der Waals surface area contributed by atoms with E-state index in [9.17, 15) is 14.7 Å². The summed E-state index contributed by atoms with van der Waals surface area (Å²) in [6, 6.07) is 11.3. The van der Waals surface area contributed by atoms with Crippen molar-refractivity contribution in [3.05, 3.63) is 58.1 Å². The maximum Gasteiger partial charge on any atom is 0.247 e. The molecule has 2 aromatic rings. The Hall–Kier alpha value is -2.24. The summed E-state index contributed by atoms with van der Waals surface area (Å²) >= 11 is 11.9. The summed E-state index contributed by atoms with van der Waals surface area (Å²) in [7, 11) is 0. The molecule has 1 heterocycles. The first-order valence-electron chi connectivity index (χ1n) is 8.77. The number of para-hydroxylation sites is 1. The minimum atomic E-state index is -0.514. The van der Waals surface area contributed by atoms with Gasteiger partial charge >= 0.3 is 0 Å². The topological polar surface area (TPSA) is 69.6 Å². The number of hydrogen-bond donors (Lipinski definition) is 2. The number of anilines is 1. The standard InChI is InChI=1S/C20H20Cl2N2O3/c21-14-10-15(22)12-16(11-14)23-20(27)17-5-3-9-24(17)19(26)8-7-13-4-1-2-6-18(13)25/h1-2,4,6,10-12,17,25H,3,5,7-9H2,(H,23,27). The molecule has 0 aromatic heterocycles. The summed E-state index contributed by atoms with van der Waals surface area (Å²) in [5.41, 5.74) is 1.23. The average Bonchev–Trinajstić information content (AvgIpc) is 3.10. The summed E-state index contributed by atoms with van der Waals surface area (Å²) in [6.45, 7) is 0.550. The number of carbonyl (C=O) groups is 2. The van der Waals surface area contributed by atoms with Gasteiger partial charge in [0.05, 0.1) is 0 Å². The number of halogens is 2. The van der Waals surface area contributed by atoms with Crippen molar-refractivity contribution in [3.8, 4) is 5.75 Å². The number of phenols is 1. The first-order valence-corrected chi connectivity index (χ1v) is 9.53. The third-order valence-electron chi connectivity index (χ3n) is 4.61. The van der Waals surface area contributed by atoms with Crippen molar-refractivity contribution in [1.82, 2.24) is 4.90 Å². The molecule has 0 bridgehead atoms. The number of hydrogen-bond acceptors (Lipinski definition) is 3. The van der Waals surface area contributed by atoms with Crippen molar-refractivity contribution < 1.29 is 14.7 Å². The van der Waals surface area contributed by atoms with E-state index in [-0.39, 0.29) is 24.0 Å². The van der Waals surface area contributed by atoms with E-state index in [1.807, 2.05) is 6.07 Å². The van der Waals surface area contributed by atoms with Gasteiger partial charge in [0.2, 0.25) is 11.8 Å². The monoisotopic (exact) mass is 406 g/mol. The molecule has 0 saturated carbocycles. The SMILES string of the molecule is O=C(Nc1cc(Cl)cc(Cl)c1)C1CCCN1C(=O)CCc1ccccc1O. The molecule has 2 N–H and O–H groups in total. The fourth-order valence-electron chi connectivity index (χ4n) is 3.30. The van der Waals surface area contributed by atoms with Crippen LogP contribution in [0.1, 0.15) is 24.8 Å². The Balaban J connectivity index is 1.62. The lowest BCUT2D eigenvalue weighted by molar-refractivity contribution is -0.136. The summed E-state index contributed by atoms with van der Waals surface area (Å²) in [5, 5.41) is 13.5. The zero-order valence-electron chi connectivity index (χ0n) is 14.6. The third-order valence-corrected chi connectivity index (χ3v) is 5.04. The van der Waals surface area contributed by atoms with Gasteiger partial charge in [-0.2, -0.15) is 0 Å². The van der Waals surface area contributed by atoms with Gasteiger partial charge in [-0.05, 0) is 49.1 Å². The summed E-state index contributed by atoms with van der Waals surface area (Å²) in [5.74, 6) is -0.166. The lowest BCUT2D eigenvalue weighted by atomic mass is 10.1. The number of aryl methyl sites for hydroxylation is 1. The highest BCUT2D eigenvalue weighted by molar-refractivity contribution is 6.35. The van der Waals surface area contributed by atoms with Gasteiger partial charge in [0, 0.05) is 28.7 Å². The maximum atomic E-state index is 12.6. The first-order chi connectivity index (χ1) is 12.9. The molecule has 1 fully saturated rings. The van der Waals surface area contributed by atoms with Gasteiger partial charge in [-0.1, -0.05) is 41.4 Å². The van der Waals surface area contributed by atoms with Crippen LogP contribution in [-0.4, -0.2) is 34.4 Å². The van der Waals surface area contributed by atoms with E-state index >= 15 is 0 Å². The lowest BCUT2D eigenvalue weighted by Gasteiger charge is -2.24. The summed E-state index contributed by atoms with van der Waals surface area (Å²) in [6.07, 6.45) is 2.06. The predicted octanol–water partition coefficient (Wildman–Crippen LogP) is 4.26. The fraction of sp³-hybridized carbons (Fsp3) is 0.300. The van der Waals surface area contributed by atoms with Gasteiger partial charge in [-0.15, -0.1) is 0 Å². The van der Waals surface area contributed by atoms with Crippen molar-refractivity contribution in [2.75, 3.05) is 11.9 Å². The molecule has 3 rings (SSSR count). The molecule has 7 heteroatoms. The number of rotatable bonds is 5. The molecule has 2 aromatic carbocycles. The zero-order chi connectivity index (χ0) is 19.4. The number of benzene rings is 2. The molecule has 1 unspecified atom stereocenters. The largest absolute Gasteiger partial charge is 0.508 e. The number of likely N-dealkylation sites (tertiary alicyclic amines) is 1. The minimum absolute atomic E-state index is 0.0972. The number of nitrogens with zero attached hydrogens (tertiary/aromatic N) is 1. The zero-order valence-corrected chi connectivity index (χ0v) is 16.1. The van der Waals surface area contributed by atoms with Crippen LogP contribution in [0.25, 0.3) is 0 Å². The Morgan fingerprint density at radius 1 is 1.15 bits per heavy atom. The van der Waals surface area contributed by atoms with E-state index in [0.717, 1.165) is 12.0 Å². The van der Waals surface area contributed by atoms with E-state index in [0.29, 0.717) is 35.1 Å². The molecule has 1 saturated heterocycles. The van der Waals surface area contributed by atoms with Crippen LogP contribution in [0.4, 0.5) is 5.69 Å². The van der Waals surface area contributed by atoms with Gasteiger partial charge in [-0.3, -0.25) is 9.59 Å². The smallest absolute Gasteiger partial charge is 0.247 e. The van der Waals surface area contributed by atoms with Crippen LogP contribution in [0, 0.1) is 0 Å². The van der Waals surface area contributed by atoms with Crippen LogP contribution < -0.4 is 5.32 Å². The van der Waals surface area contributed by atoms with Crippen LogP contribution in [0.3, 0.4) is 0 Å². The molecule has 1 aliphatic heterocycles. The van der Waals surface area contributed by atoms with Crippen molar-refractivity contribution in [1.29, 1.82) is 0 Å². The number of carbonyl (C=O) groups excluding carboxylic acids is 2. The predicted molar refractivity (Wildman–Crippen MR) is 106 cm³/mol. The number of phenolic OH excluding ortho intramolecular Hbond substituents is 1. The molecule has 5 nitrogen and oxygen atoms in total. The summed E-state index contributed by atoms with van der Waals surface area (Å²) < 4.78 is 0. The molecular weight excluding hydrogens is 387 g/mol. The molecule has 0 aliphatic carbocycles. The Bertz CT molecular complexity index is 837. The van der Waals surface area contributed by atoms with Crippen LogP contribution in [-0.2, 0) is 16.0 Å². The molecule has 0 spiro atoms. The second-order valence-corrected chi connectivity index (χ2v) is 7.39. The van der Waals surface area contributed by atoms with Gasteiger partial charge in [0.15, 0.2) is 0 Å². The van der Waals surface area contributed by atoms with Crippen LogP contribution in [0.2, 0.25) is 10.0 Å². The van der Waals surface area contributed by atoms with Crippen LogP contribution in [0.15, 0.2) is 42.5 Å². The van der Waals surface area contributed by atoms with Crippen molar-refractivity contribution in [3.63, 3.8) is 0 Å². The normalized spacial score (nSPS) is 16.4. The minimum Gasteiger partial charge on any atom is -0.508 e. The highest BCUT2D eigenvalue weighted by Gasteiger charge is 2.33. The van der Waals surface area contributed by atoms with E-state index in [4.69, 9.17) is 23.2 Å². The second-order valence-electron chi connectivity index (χ2n) is 6.52. The van der Waals surface area contributed by atoms with Crippen molar-refractivity contribution >= 4 is 40.7 Å². The third kappa shape index (κ3) is 4.93. The number of nitrogens with one attached hydrogen (secondary N) is 1. The Morgan fingerprint density at radius 3 is 2.56 bits per heavy atom. The average molecular weight is 407 g/mol. The molecule has 2 amide bonds. The maximum absolute atomic E-state index is 12.6. The highest BCUT2D eigenvalue weighted by atomic mass is 35.5. The van der Waals surface area contributed by atoms with Gasteiger partial charge in [0.25, 0.3) is 0 Å². The molecule has 0 radical (unpaired) electrons. The fourth-order valence-corrected chi connectivity index (χ4v) is 3.82. The Labute approximate surface area is 167 Å². The molecule has 1 atom stereocenters. The molecule has 27 heavy (non-hydrogen) atoms. The Kier molecular flexibility index (Phi) is 6.24. The highest BCUT2D eigenvalue weighted by Crippen LogP contribution is 2.25. The lowest BCUT2D eigenvalue weighted by Crippen LogP contribution is -2.43. The van der Waals surface area contributed by atoms with E-state index in [1.165, 1.54) is 0 Å². The van der Waals surface area contributed by atoms with Crippen LogP contribution >= 0.6 is 23.2 Å². The van der Waals surface area contributed by atoms with Crippen molar-refractivity contribution in [2.24, 2.45) is 0 Å². The first kappa shape index (κ1) is 19.5. The quantitative estimate of drug-likeness (QED) is 0.778. The number of amides is 2. The van der Waals surface area contributed by atoms with E-state index in [2.05, 4.69) is 5.32 Å². The van der Waals surface area contributed by atoms with Gasteiger partial charge in [0.1, 0.15) is 11.8 Å². The molecular formula is C20H20Cl2N2O3. The molecule has 1 aliphatic rings. The van der Waals surface area contributed by atoms with E-state index < -0.39 is 6.04 Å². The second kappa shape index (κ2) is 8.63. The Morgan fingerprint density at radius 2 is 1.85 bits per heavy atom. The molecule has 142 valence electrons. The van der Waals surface area contributed by atoms with Gasteiger partial charge in [-0.25, -0.2) is 0 Å². The van der Waals surface area contributed by atoms with Crippen LogP contribution in [0.5, 0.6) is 5.75 Å². The number of aromatic hydroxyl groups is 1.